The van der Waals surface area contributed by atoms with Crippen LogP contribution in [0.1, 0.15) is 54.4 Å². The summed E-state index contributed by atoms with van der Waals surface area (Å²) in [5, 5.41) is 13.8. The fourth-order valence-corrected chi connectivity index (χ4v) is 4.92. The number of carbonyl (C=O) groups is 1. The van der Waals surface area contributed by atoms with E-state index in [1.165, 1.54) is 0 Å². The zero-order valence-corrected chi connectivity index (χ0v) is 22.1. The van der Waals surface area contributed by atoms with Gasteiger partial charge in [0.05, 0.1) is 15.8 Å². The summed E-state index contributed by atoms with van der Waals surface area (Å²) < 4.78 is 0. The number of nitrogens with zero attached hydrogens (tertiary/aromatic N) is 3. The molecule has 1 atom stereocenters. The lowest BCUT2D eigenvalue weighted by molar-refractivity contribution is 0.0781. The van der Waals surface area contributed by atoms with E-state index < -0.39 is 0 Å². The molecule has 186 valence electrons. The molecule has 1 fully saturated rings. The summed E-state index contributed by atoms with van der Waals surface area (Å²) in [4.78, 5) is 17.2. The van der Waals surface area contributed by atoms with Gasteiger partial charge in [0.2, 0.25) is 0 Å². The van der Waals surface area contributed by atoms with Crippen molar-refractivity contribution in [3.63, 3.8) is 0 Å². The number of hydrogen-bond acceptors (Lipinski definition) is 4. The standard InChI is InChI=1S/C26H33Cl2N3O2.ClH/c1-3-25(29-33)19-11-14-31(15-12-19)16-13-22(21-9-10-23(27)24(28)17-21)18-30(2)26(32)20-7-5-4-6-8-20;/h4-10,17,19,22,33H,3,11-16,18H2,1-2H3;1H. The average Bonchev–Trinajstić information content (AvgIpc) is 2.85. The maximum absolute atomic E-state index is 12.9. The van der Waals surface area contributed by atoms with Crippen molar-refractivity contribution in [2.75, 3.05) is 33.2 Å². The molecular formula is C26H34Cl3N3O2. The molecule has 0 saturated carbocycles. The predicted molar refractivity (Wildman–Crippen MR) is 143 cm³/mol. The minimum atomic E-state index is 0. The quantitative estimate of drug-likeness (QED) is 0.227. The summed E-state index contributed by atoms with van der Waals surface area (Å²) in [5.74, 6) is 0.522. The highest BCUT2D eigenvalue weighted by molar-refractivity contribution is 6.42. The van der Waals surface area contributed by atoms with E-state index in [4.69, 9.17) is 23.2 Å². The molecule has 34 heavy (non-hydrogen) atoms. The molecule has 5 nitrogen and oxygen atoms in total. The third-order valence-corrected chi connectivity index (χ3v) is 7.36. The number of rotatable bonds is 9. The zero-order chi connectivity index (χ0) is 23.8. The van der Waals surface area contributed by atoms with E-state index >= 15 is 0 Å². The van der Waals surface area contributed by atoms with Gasteiger partial charge in [0, 0.05) is 31.0 Å². The summed E-state index contributed by atoms with van der Waals surface area (Å²) in [6, 6.07) is 15.1. The molecule has 3 rings (SSSR count). The number of amides is 1. The van der Waals surface area contributed by atoms with Gasteiger partial charge in [-0.2, -0.15) is 0 Å². The summed E-state index contributed by atoms with van der Waals surface area (Å²) in [6.07, 6.45) is 3.72. The van der Waals surface area contributed by atoms with Crippen LogP contribution < -0.4 is 0 Å². The Labute approximate surface area is 219 Å². The normalized spacial score (nSPS) is 16.1. The largest absolute Gasteiger partial charge is 0.411 e. The molecule has 1 unspecified atom stereocenters. The number of piperidine rings is 1. The van der Waals surface area contributed by atoms with E-state index in [2.05, 4.69) is 10.1 Å². The van der Waals surface area contributed by atoms with Crippen LogP contribution in [0.4, 0.5) is 0 Å². The fraction of sp³-hybridized carbons (Fsp3) is 0.462. The Kier molecular flexibility index (Phi) is 11.7. The Bertz CT molecular complexity index is 948. The Hall–Kier alpha value is -1.79. The topological polar surface area (TPSA) is 56.1 Å². The van der Waals surface area contributed by atoms with Gasteiger partial charge in [-0.1, -0.05) is 59.5 Å². The number of likely N-dealkylation sites (N-methyl/N-ethyl adjacent to an activating group) is 1. The van der Waals surface area contributed by atoms with Crippen molar-refractivity contribution in [3.8, 4) is 0 Å². The molecule has 2 aromatic carbocycles. The van der Waals surface area contributed by atoms with Crippen molar-refractivity contribution >= 4 is 47.2 Å². The first kappa shape index (κ1) is 28.4. The third kappa shape index (κ3) is 7.61. The monoisotopic (exact) mass is 525 g/mol. The first-order valence-corrected chi connectivity index (χ1v) is 12.4. The summed E-state index contributed by atoms with van der Waals surface area (Å²) in [5.41, 5.74) is 2.68. The number of hydrogen-bond donors (Lipinski definition) is 1. The molecule has 2 aromatic rings. The first-order chi connectivity index (χ1) is 15.9. The molecule has 1 N–H and O–H groups in total. The van der Waals surface area contributed by atoms with Crippen molar-refractivity contribution in [1.82, 2.24) is 9.80 Å². The van der Waals surface area contributed by atoms with Gasteiger partial charge in [-0.25, -0.2) is 0 Å². The molecular weight excluding hydrogens is 493 g/mol. The Balaban J connectivity index is 0.00000408. The van der Waals surface area contributed by atoms with Crippen LogP contribution in [-0.2, 0) is 0 Å². The van der Waals surface area contributed by atoms with Crippen LogP contribution in [0.15, 0.2) is 53.7 Å². The van der Waals surface area contributed by atoms with Crippen molar-refractivity contribution in [3.05, 3.63) is 69.7 Å². The molecule has 0 bridgehead atoms. The van der Waals surface area contributed by atoms with Crippen molar-refractivity contribution < 1.29 is 10.0 Å². The molecule has 1 saturated heterocycles. The maximum Gasteiger partial charge on any atom is 0.253 e. The van der Waals surface area contributed by atoms with Gasteiger partial charge in [-0.05, 0) is 75.1 Å². The highest BCUT2D eigenvalue weighted by atomic mass is 35.5. The molecule has 0 radical (unpaired) electrons. The molecule has 0 aliphatic carbocycles. The minimum Gasteiger partial charge on any atom is -0.411 e. The van der Waals surface area contributed by atoms with Gasteiger partial charge in [-0.15, -0.1) is 12.4 Å². The van der Waals surface area contributed by atoms with Crippen LogP contribution in [0, 0.1) is 5.92 Å². The summed E-state index contributed by atoms with van der Waals surface area (Å²) in [6.45, 7) is 5.53. The van der Waals surface area contributed by atoms with E-state index in [-0.39, 0.29) is 24.2 Å². The van der Waals surface area contributed by atoms with E-state index in [1.807, 2.05) is 62.5 Å². The van der Waals surface area contributed by atoms with E-state index in [9.17, 15) is 10.0 Å². The van der Waals surface area contributed by atoms with Crippen LogP contribution >= 0.6 is 35.6 Å². The first-order valence-electron chi connectivity index (χ1n) is 11.6. The van der Waals surface area contributed by atoms with Gasteiger partial charge >= 0.3 is 0 Å². The zero-order valence-electron chi connectivity index (χ0n) is 19.8. The van der Waals surface area contributed by atoms with Gasteiger partial charge in [0.25, 0.3) is 5.91 Å². The number of likely N-dealkylation sites (tertiary alicyclic amines) is 1. The lowest BCUT2D eigenvalue weighted by Gasteiger charge is -2.33. The van der Waals surface area contributed by atoms with Gasteiger partial charge in [0.15, 0.2) is 0 Å². The number of benzene rings is 2. The predicted octanol–water partition coefficient (Wildman–Crippen LogP) is 6.61. The average molecular weight is 527 g/mol. The smallest absolute Gasteiger partial charge is 0.253 e. The van der Waals surface area contributed by atoms with E-state index in [1.54, 1.807) is 4.90 Å². The van der Waals surface area contributed by atoms with Crippen molar-refractivity contribution in [2.24, 2.45) is 11.1 Å². The Morgan fingerprint density at radius 3 is 2.41 bits per heavy atom. The molecule has 0 aromatic heterocycles. The second-order valence-corrected chi connectivity index (χ2v) is 9.59. The number of carbonyl (C=O) groups excluding carboxylic acids is 1. The summed E-state index contributed by atoms with van der Waals surface area (Å²) >= 11 is 12.5. The van der Waals surface area contributed by atoms with E-state index in [0.29, 0.717) is 28.1 Å². The van der Waals surface area contributed by atoms with Crippen LogP contribution in [-0.4, -0.2) is 59.9 Å². The number of halogens is 3. The van der Waals surface area contributed by atoms with Crippen LogP contribution in [0.3, 0.4) is 0 Å². The molecule has 1 amide bonds. The van der Waals surface area contributed by atoms with Gasteiger partial charge in [-0.3, -0.25) is 4.79 Å². The molecule has 1 aliphatic heterocycles. The SMILES string of the molecule is CCC(=NO)C1CCN(CCC(CN(C)C(=O)c2ccccc2)c2ccc(Cl)c(Cl)c2)CC1.Cl. The maximum atomic E-state index is 12.9. The van der Waals surface area contributed by atoms with Crippen molar-refractivity contribution in [1.29, 1.82) is 0 Å². The molecule has 8 heteroatoms. The molecule has 0 spiro atoms. The second kappa shape index (κ2) is 13.9. The third-order valence-electron chi connectivity index (χ3n) is 6.62. The van der Waals surface area contributed by atoms with Gasteiger partial charge in [0.1, 0.15) is 0 Å². The lowest BCUT2D eigenvalue weighted by atomic mass is 9.89. The highest BCUT2D eigenvalue weighted by Crippen LogP contribution is 2.30. The Morgan fingerprint density at radius 2 is 1.82 bits per heavy atom. The minimum absolute atomic E-state index is 0. The fourth-order valence-electron chi connectivity index (χ4n) is 4.61. The van der Waals surface area contributed by atoms with Crippen LogP contribution in [0.5, 0.6) is 0 Å². The van der Waals surface area contributed by atoms with E-state index in [0.717, 1.165) is 56.6 Å². The lowest BCUT2D eigenvalue weighted by Crippen LogP contribution is -2.38. The summed E-state index contributed by atoms with van der Waals surface area (Å²) in [7, 11) is 1.85. The van der Waals surface area contributed by atoms with Crippen LogP contribution in [0.2, 0.25) is 10.0 Å². The number of oxime groups is 1. The highest BCUT2D eigenvalue weighted by Gasteiger charge is 2.25. The van der Waals surface area contributed by atoms with Crippen molar-refractivity contribution in [2.45, 2.75) is 38.5 Å². The van der Waals surface area contributed by atoms with Crippen LogP contribution in [0.25, 0.3) is 0 Å². The molecule has 1 heterocycles. The van der Waals surface area contributed by atoms with Gasteiger partial charge < -0.3 is 15.0 Å². The Morgan fingerprint density at radius 1 is 1.15 bits per heavy atom. The second-order valence-electron chi connectivity index (χ2n) is 8.77. The molecule has 1 aliphatic rings.